The Balaban J connectivity index is 0.00000225. The summed E-state index contributed by atoms with van der Waals surface area (Å²) in [4.78, 5) is 28.5. The normalized spacial score (nSPS) is 29.4. The molecule has 2 N–H and O–H groups in total. The first-order valence-corrected chi connectivity index (χ1v) is 10.4. The van der Waals surface area contributed by atoms with Gasteiger partial charge in [0.05, 0.1) is 0 Å². The first-order chi connectivity index (χ1) is 13.1. The van der Waals surface area contributed by atoms with Crippen LogP contribution in [0.3, 0.4) is 0 Å². The summed E-state index contributed by atoms with van der Waals surface area (Å²) in [6.45, 7) is 4.72. The predicted molar refractivity (Wildman–Crippen MR) is 111 cm³/mol. The van der Waals surface area contributed by atoms with Gasteiger partial charge in [-0.3, -0.25) is 9.59 Å². The molecule has 6 nitrogen and oxygen atoms in total. The molecule has 0 aliphatic carbocycles. The first-order valence-electron chi connectivity index (χ1n) is 10.4. The number of amides is 1. The number of halogens is 1. The third-order valence-electron chi connectivity index (χ3n) is 6.76. The highest BCUT2D eigenvalue weighted by Crippen LogP contribution is 2.39. The molecule has 1 aromatic rings. The van der Waals surface area contributed by atoms with Crippen LogP contribution in [0, 0.1) is 18.8 Å². The maximum absolute atomic E-state index is 13.4. The van der Waals surface area contributed by atoms with Crippen LogP contribution < -0.4 is 10.9 Å². The Morgan fingerprint density at radius 2 is 1.93 bits per heavy atom. The summed E-state index contributed by atoms with van der Waals surface area (Å²) in [6, 6.07) is 2.25. The Morgan fingerprint density at radius 1 is 1.21 bits per heavy atom. The molecule has 2 unspecified atom stereocenters. The summed E-state index contributed by atoms with van der Waals surface area (Å²) < 4.78 is 1.74. The van der Waals surface area contributed by atoms with Crippen molar-refractivity contribution in [2.45, 2.75) is 64.1 Å². The van der Waals surface area contributed by atoms with Crippen LogP contribution >= 0.6 is 12.4 Å². The second-order valence-electron chi connectivity index (χ2n) is 8.66. The molecule has 1 amide bonds. The number of aliphatic hydroxyl groups is 1. The zero-order chi connectivity index (χ0) is 19.0. The summed E-state index contributed by atoms with van der Waals surface area (Å²) >= 11 is 0. The molecule has 1 aromatic heterocycles. The average molecular weight is 410 g/mol. The molecule has 4 heterocycles. The molecular formula is C21H32ClN3O3. The summed E-state index contributed by atoms with van der Waals surface area (Å²) in [6.07, 6.45) is 7.78. The van der Waals surface area contributed by atoms with Gasteiger partial charge < -0.3 is 19.9 Å². The van der Waals surface area contributed by atoms with Gasteiger partial charge in [-0.25, -0.2) is 0 Å². The summed E-state index contributed by atoms with van der Waals surface area (Å²) in [5, 5.41) is 12.9. The highest BCUT2D eigenvalue weighted by Gasteiger charge is 2.44. The minimum Gasteiger partial charge on any atom is -0.396 e. The maximum atomic E-state index is 13.4. The van der Waals surface area contributed by atoms with E-state index in [9.17, 15) is 14.7 Å². The number of aliphatic hydroxyl groups excluding tert-OH is 1. The van der Waals surface area contributed by atoms with Crippen molar-refractivity contribution in [1.29, 1.82) is 0 Å². The number of nitrogens with zero attached hydrogens (tertiary/aromatic N) is 2. The van der Waals surface area contributed by atoms with Crippen LogP contribution in [-0.2, 0) is 6.54 Å². The van der Waals surface area contributed by atoms with E-state index in [0.717, 1.165) is 57.2 Å². The van der Waals surface area contributed by atoms with Gasteiger partial charge in [0.15, 0.2) is 0 Å². The molecule has 3 aliphatic heterocycles. The average Bonchev–Trinajstić information content (AvgIpc) is 2.94. The van der Waals surface area contributed by atoms with Gasteiger partial charge in [0.1, 0.15) is 5.56 Å². The topological polar surface area (TPSA) is 74.6 Å². The SMILES string of the molecule is Cc1ccn(CC2CCCNC2)c(=O)c1C(=O)N1[C@@H]2CC[C@H]1CC(CO)C2.Cl. The molecule has 28 heavy (non-hydrogen) atoms. The monoisotopic (exact) mass is 409 g/mol. The van der Waals surface area contributed by atoms with Gasteiger partial charge in [0, 0.05) is 31.4 Å². The Bertz CT molecular complexity index is 746. The summed E-state index contributed by atoms with van der Waals surface area (Å²) in [5.41, 5.74) is 0.974. The van der Waals surface area contributed by atoms with Crippen LogP contribution in [0.2, 0.25) is 0 Å². The van der Waals surface area contributed by atoms with E-state index in [1.807, 2.05) is 24.1 Å². The molecule has 4 rings (SSSR count). The second-order valence-corrected chi connectivity index (χ2v) is 8.66. The van der Waals surface area contributed by atoms with Gasteiger partial charge in [0.25, 0.3) is 11.5 Å². The molecule has 3 aliphatic rings. The number of carbonyl (C=O) groups is 1. The van der Waals surface area contributed by atoms with Gasteiger partial charge in [-0.2, -0.15) is 0 Å². The first kappa shape index (κ1) is 21.3. The number of rotatable bonds is 4. The van der Waals surface area contributed by atoms with E-state index in [1.165, 1.54) is 0 Å². The minimum absolute atomic E-state index is 0. The lowest BCUT2D eigenvalue weighted by Gasteiger charge is -2.38. The largest absolute Gasteiger partial charge is 0.396 e. The number of nitrogens with one attached hydrogen (secondary N) is 1. The Kier molecular flexibility index (Phi) is 6.84. The van der Waals surface area contributed by atoms with Crippen LogP contribution in [0.4, 0.5) is 0 Å². The van der Waals surface area contributed by atoms with Crippen molar-refractivity contribution >= 4 is 18.3 Å². The van der Waals surface area contributed by atoms with Crippen LogP contribution in [0.25, 0.3) is 0 Å². The lowest BCUT2D eigenvalue weighted by atomic mass is 9.90. The predicted octanol–water partition coefficient (Wildman–Crippen LogP) is 1.95. The number of piperidine rings is 2. The molecular weight excluding hydrogens is 378 g/mol. The molecule has 4 atom stereocenters. The fourth-order valence-electron chi connectivity index (χ4n) is 5.33. The van der Waals surface area contributed by atoms with E-state index in [-0.39, 0.29) is 42.6 Å². The molecule has 3 saturated heterocycles. The number of aryl methyl sites for hydroxylation is 1. The molecule has 0 aromatic carbocycles. The molecule has 3 fully saturated rings. The molecule has 156 valence electrons. The fourth-order valence-corrected chi connectivity index (χ4v) is 5.33. The second kappa shape index (κ2) is 8.97. The van der Waals surface area contributed by atoms with Gasteiger partial charge in [0.2, 0.25) is 0 Å². The zero-order valence-corrected chi connectivity index (χ0v) is 17.4. The van der Waals surface area contributed by atoms with Gasteiger partial charge >= 0.3 is 0 Å². The lowest BCUT2D eigenvalue weighted by Crippen LogP contribution is -2.49. The zero-order valence-electron chi connectivity index (χ0n) is 16.6. The van der Waals surface area contributed by atoms with Crippen molar-refractivity contribution < 1.29 is 9.90 Å². The number of hydrogen-bond acceptors (Lipinski definition) is 4. The minimum atomic E-state index is -0.144. The quantitative estimate of drug-likeness (QED) is 0.797. The van der Waals surface area contributed by atoms with Crippen LogP contribution in [0.1, 0.15) is 54.4 Å². The van der Waals surface area contributed by atoms with Gasteiger partial charge in [-0.05, 0) is 82.0 Å². The van der Waals surface area contributed by atoms with E-state index in [4.69, 9.17) is 0 Å². The smallest absolute Gasteiger partial charge is 0.263 e. The van der Waals surface area contributed by atoms with Crippen molar-refractivity contribution in [1.82, 2.24) is 14.8 Å². The van der Waals surface area contributed by atoms with E-state index >= 15 is 0 Å². The van der Waals surface area contributed by atoms with Gasteiger partial charge in [-0.15, -0.1) is 12.4 Å². The van der Waals surface area contributed by atoms with Crippen LogP contribution in [-0.4, -0.2) is 52.3 Å². The number of carbonyl (C=O) groups excluding carboxylic acids is 1. The molecule has 0 radical (unpaired) electrons. The van der Waals surface area contributed by atoms with Crippen molar-refractivity contribution in [2.24, 2.45) is 11.8 Å². The van der Waals surface area contributed by atoms with Gasteiger partial charge in [-0.1, -0.05) is 0 Å². The van der Waals surface area contributed by atoms with Crippen molar-refractivity contribution in [2.75, 3.05) is 19.7 Å². The molecule has 0 spiro atoms. The third-order valence-corrected chi connectivity index (χ3v) is 6.76. The standard InChI is InChI=1S/C21H31N3O3.ClH/c1-14-6-8-23(12-15-3-2-7-22-11-15)20(26)19(14)21(27)24-17-4-5-18(24)10-16(9-17)13-25;/h6,8,15-18,22,25H,2-5,7,9-13H2,1H3;1H/t15?,16?,17-,18+;. The highest BCUT2D eigenvalue weighted by molar-refractivity contribution is 5.96. The van der Waals surface area contributed by atoms with E-state index in [1.54, 1.807) is 4.57 Å². The van der Waals surface area contributed by atoms with Crippen LogP contribution in [0.15, 0.2) is 17.1 Å². The Morgan fingerprint density at radius 3 is 2.54 bits per heavy atom. The van der Waals surface area contributed by atoms with E-state index in [0.29, 0.717) is 23.9 Å². The van der Waals surface area contributed by atoms with E-state index in [2.05, 4.69) is 5.32 Å². The summed E-state index contributed by atoms with van der Waals surface area (Å²) in [5.74, 6) is 0.634. The van der Waals surface area contributed by atoms with Crippen LogP contribution in [0.5, 0.6) is 0 Å². The number of hydrogen-bond donors (Lipinski definition) is 2. The third kappa shape index (κ3) is 4.00. The lowest BCUT2D eigenvalue weighted by molar-refractivity contribution is 0.0450. The summed E-state index contributed by atoms with van der Waals surface area (Å²) in [7, 11) is 0. The molecule has 7 heteroatoms. The van der Waals surface area contributed by atoms with Crippen molar-refractivity contribution in [3.63, 3.8) is 0 Å². The molecule has 2 bridgehead atoms. The maximum Gasteiger partial charge on any atom is 0.263 e. The number of fused-ring (bicyclic) bond motifs is 2. The fraction of sp³-hybridized carbons (Fsp3) is 0.714. The molecule has 0 saturated carbocycles. The van der Waals surface area contributed by atoms with Crippen molar-refractivity contribution in [3.05, 3.63) is 33.7 Å². The Hall–Kier alpha value is -1.37. The number of pyridine rings is 1. The van der Waals surface area contributed by atoms with Crippen molar-refractivity contribution in [3.8, 4) is 0 Å². The highest BCUT2D eigenvalue weighted by atomic mass is 35.5. The number of aromatic nitrogens is 1. The van der Waals surface area contributed by atoms with E-state index < -0.39 is 0 Å². The Labute approximate surface area is 172 Å².